The number of ether oxygens (including phenoxy) is 1. The molecule has 0 aliphatic rings. The Morgan fingerprint density at radius 2 is 1.50 bits per heavy atom. The molecular formula is C20H19FN2O. The van der Waals surface area contributed by atoms with Crippen molar-refractivity contribution in [2.45, 2.75) is 13.2 Å². The Kier molecular flexibility index (Phi) is 5.43. The van der Waals surface area contributed by atoms with Crippen molar-refractivity contribution in [2.75, 3.05) is 5.43 Å². The number of rotatable bonds is 7. The van der Waals surface area contributed by atoms with E-state index in [0.29, 0.717) is 13.2 Å². The fourth-order valence-electron chi connectivity index (χ4n) is 2.30. The van der Waals surface area contributed by atoms with Crippen LogP contribution in [0.5, 0.6) is 5.75 Å². The van der Waals surface area contributed by atoms with E-state index >= 15 is 0 Å². The maximum Gasteiger partial charge on any atom is 0.124 e. The summed E-state index contributed by atoms with van der Waals surface area (Å²) in [5.41, 5.74) is 9.32. The highest BCUT2D eigenvalue weighted by atomic mass is 19.1. The molecule has 3 nitrogen and oxygen atoms in total. The molecule has 0 bridgehead atoms. The molecule has 0 saturated carbocycles. The second-order valence-corrected chi connectivity index (χ2v) is 5.37. The molecule has 0 spiro atoms. The van der Waals surface area contributed by atoms with Crippen LogP contribution in [0.3, 0.4) is 0 Å². The SMILES string of the molecule is Fc1ccc(COc2ccccc2CNNc2ccccc2)cc1. The van der Waals surface area contributed by atoms with E-state index in [1.54, 1.807) is 12.1 Å². The van der Waals surface area contributed by atoms with Crippen LogP contribution in [0.1, 0.15) is 11.1 Å². The lowest BCUT2D eigenvalue weighted by Crippen LogP contribution is -2.21. The van der Waals surface area contributed by atoms with Gasteiger partial charge in [0.1, 0.15) is 18.2 Å². The van der Waals surface area contributed by atoms with E-state index in [1.807, 2.05) is 54.6 Å². The van der Waals surface area contributed by atoms with E-state index < -0.39 is 0 Å². The van der Waals surface area contributed by atoms with Crippen LogP contribution in [0, 0.1) is 5.82 Å². The molecule has 0 aliphatic heterocycles. The minimum Gasteiger partial charge on any atom is -0.489 e. The van der Waals surface area contributed by atoms with Crippen LogP contribution < -0.4 is 15.6 Å². The minimum atomic E-state index is -0.240. The standard InChI is InChI=1S/C20H19FN2O/c21-18-12-10-16(11-13-18)15-24-20-9-5-4-6-17(20)14-22-23-19-7-2-1-3-8-19/h1-13,22-23H,14-15H2. The largest absolute Gasteiger partial charge is 0.489 e. The van der Waals surface area contributed by atoms with E-state index in [2.05, 4.69) is 10.9 Å². The van der Waals surface area contributed by atoms with Crippen molar-refractivity contribution in [2.24, 2.45) is 0 Å². The lowest BCUT2D eigenvalue weighted by atomic mass is 10.2. The molecule has 0 amide bonds. The molecule has 0 radical (unpaired) electrons. The van der Waals surface area contributed by atoms with E-state index in [-0.39, 0.29) is 5.82 Å². The van der Waals surface area contributed by atoms with Crippen molar-refractivity contribution in [3.05, 3.63) is 95.8 Å². The number of para-hydroxylation sites is 2. The minimum absolute atomic E-state index is 0.240. The molecule has 0 aliphatic carbocycles. The number of benzene rings is 3. The van der Waals surface area contributed by atoms with Crippen molar-refractivity contribution < 1.29 is 9.13 Å². The van der Waals surface area contributed by atoms with Gasteiger partial charge in [-0.1, -0.05) is 48.5 Å². The first-order valence-electron chi connectivity index (χ1n) is 7.80. The summed E-state index contributed by atoms with van der Waals surface area (Å²) in [6.07, 6.45) is 0. The highest BCUT2D eigenvalue weighted by molar-refractivity contribution is 5.41. The number of halogens is 1. The van der Waals surface area contributed by atoms with Gasteiger partial charge in [0.25, 0.3) is 0 Å². The molecule has 4 heteroatoms. The van der Waals surface area contributed by atoms with Gasteiger partial charge in [0.05, 0.1) is 0 Å². The van der Waals surface area contributed by atoms with Crippen LogP contribution in [0.25, 0.3) is 0 Å². The lowest BCUT2D eigenvalue weighted by molar-refractivity contribution is 0.302. The molecule has 2 N–H and O–H groups in total. The zero-order valence-corrected chi connectivity index (χ0v) is 13.2. The topological polar surface area (TPSA) is 33.3 Å². The number of nitrogens with one attached hydrogen (secondary N) is 2. The van der Waals surface area contributed by atoms with Crippen LogP contribution in [-0.4, -0.2) is 0 Å². The van der Waals surface area contributed by atoms with E-state index in [4.69, 9.17) is 4.74 Å². The summed E-state index contributed by atoms with van der Waals surface area (Å²) in [6.45, 7) is 1.03. The Balaban J connectivity index is 1.57. The summed E-state index contributed by atoms with van der Waals surface area (Å²) in [7, 11) is 0. The van der Waals surface area contributed by atoms with Crippen LogP contribution in [0.15, 0.2) is 78.9 Å². The van der Waals surface area contributed by atoms with Crippen molar-refractivity contribution in [3.63, 3.8) is 0 Å². The third kappa shape index (κ3) is 4.57. The smallest absolute Gasteiger partial charge is 0.124 e. The predicted molar refractivity (Wildman–Crippen MR) is 94.1 cm³/mol. The quantitative estimate of drug-likeness (QED) is 0.627. The van der Waals surface area contributed by atoms with Gasteiger partial charge < -0.3 is 10.2 Å². The molecular weight excluding hydrogens is 303 g/mol. The molecule has 3 aromatic rings. The van der Waals surface area contributed by atoms with Crippen molar-refractivity contribution in [1.82, 2.24) is 5.43 Å². The molecule has 3 aromatic carbocycles. The Morgan fingerprint density at radius 1 is 0.792 bits per heavy atom. The summed E-state index contributed by atoms with van der Waals surface area (Å²) in [4.78, 5) is 0. The molecule has 0 saturated heterocycles. The first-order chi connectivity index (χ1) is 11.8. The maximum atomic E-state index is 12.9. The number of anilines is 1. The Morgan fingerprint density at radius 3 is 2.29 bits per heavy atom. The fourth-order valence-corrected chi connectivity index (χ4v) is 2.30. The van der Waals surface area contributed by atoms with Gasteiger partial charge in [-0.2, -0.15) is 0 Å². The Bertz CT molecular complexity index is 760. The van der Waals surface area contributed by atoms with Crippen molar-refractivity contribution in [1.29, 1.82) is 0 Å². The van der Waals surface area contributed by atoms with Gasteiger partial charge in [-0.3, -0.25) is 0 Å². The second-order valence-electron chi connectivity index (χ2n) is 5.37. The monoisotopic (exact) mass is 322 g/mol. The zero-order chi connectivity index (χ0) is 16.6. The van der Waals surface area contributed by atoms with Gasteiger partial charge in [0, 0.05) is 17.8 Å². The molecule has 0 aromatic heterocycles. The second kappa shape index (κ2) is 8.13. The molecule has 0 atom stereocenters. The number of hydrazine groups is 1. The fraction of sp³-hybridized carbons (Fsp3) is 0.100. The van der Waals surface area contributed by atoms with Crippen LogP contribution in [0.4, 0.5) is 10.1 Å². The van der Waals surface area contributed by atoms with Crippen LogP contribution in [0.2, 0.25) is 0 Å². The highest BCUT2D eigenvalue weighted by Crippen LogP contribution is 2.19. The Labute approximate surface area is 141 Å². The number of hydrogen-bond donors (Lipinski definition) is 2. The first-order valence-corrected chi connectivity index (χ1v) is 7.80. The van der Waals surface area contributed by atoms with E-state index in [1.165, 1.54) is 12.1 Å². The summed E-state index contributed by atoms with van der Waals surface area (Å²) in [6, 6.07) is 24.1. The van der Waals surface area contributed by atoms with Crippen molar-refractivity contribution >= 4 is 5.69 Å². The summed E-state index contributed by atoms with van der Waals surface area (Å²) in [5.74, 6) is 0.569. The average Bonchev–Trinajstić information content (AvgIpc) is 2.63. The number of hydrogen-bond acceptors (Lipinski definition) is 3. The highest BCUT2D eigenvalue weighted by Gasteiger charge is 2.03. The van der Waals surface area contributed by atoms with Crippen molar-refractivity contribution in [3.8, 4) is 5.75 Å². The summed E-state index contributed by atoms with van der Waals surface area (Å²) in [5, 5.41) is 0. The van der Waals surface area contributed by atoms with Gasteiger partial charge >= 0.3 is 0 Å². The average molecular weight is 322 g/mol. The molecule has 122 valence electrons. The van der Waals surface area contributed by atoms with Gasteiger partial charge in [0.15, 0.2) is 0 Å². The maximum absolute atomic E-state index is 12.9. The van der Waals surface area contributed by atoms with Gasteiger partial charge in [-0.25, -0.2) is 9.82 Å². The van der Waals surface area contributed by atoms with E-state index in [9.17, 15) is 4.39 Å². The summed E-state index contributed by atoms with van der Waals surface area (Å²) < 4.78 is 18.8. The lowest BCUT2D eigenvalue weighted by Gasteiger charge is -2.13. The molecule has 0 unspecified atom stereocenters. The molecule has 0 fully saturated rings. The normalized spacial score (nSPS) is 10.4. The van der Waals surface area contributed by atoms with Crippen LogP contribution >= 0.6 is 0 Å². The van der Waals surface area contributed by atoms with Gasteiger partial charge in [-0.05, 0) is 35.9 Å². The van der Waals surface area contributed by atoms with Gasteiger partial charge in [-0.15, -0.1) is 0 Å². The first kappa shape index (κ1) is 16.0. The predicted octanol–water partition coefficient (Wildman–Crippen LogP) is 4.52. The molecule has 24 heavy (non-hydrogen) atoms. The molecule has 0 heterocycles. The van der Waals surface area contributed by atoms with Crippen LogP contribution in [-0.2, 0) is 13.2 Å². The van der Waals surface area contributed by atoms with E-state index in [0.717, 1.165) is 22.6 Å². The summed E-state index contributed by atoms with van der Waals surface area (Å²) >= 11 is 0. The van der Waals surface area contributed by atoms with Gasteiger partial charge in [0.2, 0.25) is 0 Å². The third-order valence-corrected chi connectivity index (χ3v) is 3.57. The Hall–Kier alpha value is -2.85. The zero-order valence-electron chi connectivity index (χ0n) is 13.2. The third-order valence-electron chi connectivity index (χ3n) is 3.57. The molecule has 3 rings (SSSR count).